The van der Waals surface area contributed by atoms with Gasteiger partial charge in [0.2, 0.25) is 0 Å². The van der Waals surface area contributed by atoms with Crippen LogP contribution in [0.2, 0.25) is 0 Å². The molecule has 14 nitrogen and oxygen atoms in total. The molecule has 0 amide bonds. The van der Waals surface area contributed by atoms with Gasteiger partial charge in [-0.25, -0.2) is 0 Å². The summed E-state index contributed by atoms with van der Waals surface area (Å²) in [6.07, 6.45) is -0.224. The molecular formula is C12H26N4O10S. The molecule has 0 spiro atoms. The Labute approximate surface area is 159 Å². The first-order valence-corrected chi connectivity index (χ1v) is 7.53. The second kappa shape index (κ2) is 21.6. The van der Waals surface area contributed by atoms with E-state index in [-0.39, 0.29) is 31.7 Å². The van der Waals surface area contributed by atoms with Gasteiger partial charge in [-0.2, -0.15) is 12.6 Å². The highest BCUT2D eigenvalue weighted by Crippen LogP contribution is 1.93. The molecule has 2 atom stereocenters. The van der Waals surface area contributed by atoms with E-state index in [0.29, 0.717) is 0 Å². The zero-order valence-corrected chi connectivity index (χ0v) is 15.1. The number of hydrogen-bond donors (Lipinski definition) is 10. The van der Waals surface area contributed by atoms with Crippen LogP contribution in [0.4, 0.5) is 0 Å². The van der Waals surface area contributed by atoms with Crippen LogP contribution in [-0.2, 0) is 24.0 Å². The van der Waals surface area contributed by atoms with Gasteiger partial charge >= 0.3 is 29.8 Å². The summed E-state index contributed by atoms with van der Waals surface area (Å²) in [5.41, 5.74) is 19.1. The SMILES string of the molecule is NCC(=O)O.NCC(=O)O.N[C@@H](CCC(=O)O)C(=O)O.N[C@@H](CS)C(=O)O. The van der Waals surface area contributed by atoms with Crippen molar-refractivity contribution >= 4 is 42.5 Å². The van der Waals surface area contributed by atoms with E-state index in [1.165, 1.54) is 0 Å². The van der Waals surface area contributed by atoms with Crippen LogP contribution in [0.15, 0.2) is 0 Å². The predicted molar refractivity (Wildman–Crippen MR) is 95.3 cm³/mol. The highest BCUT2D eigenvalue weighted by atomic mass is 32.1. The molecule has 27 heavy (non-hydrogen) atoms. The van der Waals surface area contributed by atoms with Gasteiger partial charge in [-0.1, -0.05) is 0 Å². The normalized spacial score (nSPS) is 10.9. The van der Waals surface area contributed by atoms with E-state index in [9.17, 15) is 24.0 Å². The van der Waals surface area contributed by atoms with Crippen molar-refractivity contribution in [2.75, 3.05) is 18.8 Å². The second-order valence-corrected chi connectivity index (χ2v) is 4.57. The summed E-state index contributed by atoms with van der Waals surface area (Å²) in [5, 5.41) is 39.5. The van der Waals surface area contributed by atoms with Gasteiger partial charge in [-0.3, -0.25) is 24.0 Å². The van der Waals surface area contributed by atoms with Crippen LogP contribution in [-0.4, -0.2) is 86.3 Å². The summed E-state index contributed by atoms with van der Waals surface area (Å²) in [6.45, 7) is -0.556. The lowest BCUT2D eigenvalue weighted by molar-refractivity contribution is -0.140. The molecule has 0 bridgehead atoms. The van der Waals surface area contributed by atoms with Crippen molar-refractivity contribution < 1.29 is 49.5 Å². The van der Waals surface area contributed by atoms with Crippen LogP contribution in [0, 0.1) is 0 Å². The molecule has 15 heteroatoms. The van der Waals surface area contributed by atoms with Gasteiger partial charge in [-0.05, 0) is 6.42 Å². The standard InChI is InChI=1S/C5H9NO4.C3H7NO2S.2C2H5NO2/c6-3(5(9)10)1-2-4(7)8;4-2(1-7)3(5)6;2*3-1-2(4)5/h3H,1-2,6H2,(H,7,8)(H,9,10);2,7H,1,4H2,(H,5,6);2*1,3H2,(H,4,5)/t3-;2-;;/m00../s1. The zero-order chi connectivity index (χ0) is 22.6. The molecule has 0 unspecified atom stereocenters. The number of thiol groups is 1. The fourth-order valence-electron chi connectivity index (χ4n) is 0.481. The predicted octanol–water partition coefficient (Wildman–Crippen LogP) is -3.35. The summed E-state index contributed by atoms with van der Waals surface area (Å²) < 4.78 is 0. The number of carbonyl (C=O) groups is 5. The Morgan fingerprint density at radius 1 is 0.704 bits per heavy atom. The monoisotopic (exact) mass is 418 g/mol. The van der Waals surface area contributed by atoms with Crippen molar-refractivity contribution in [1.29, 1.82) is 0 Å². The number of nitrogens with two attached hydrogens (primary N) is 4. The maximum Gasteiger partial charge on any atom is 0.321 e. The third-order valence-electron chi connectivity index (χ3n) is 1.85. The lowest BCUT2D eigenvalue weighted by Gasteiger charge is -2.01. The third kappa shape index (κ3) is 39.9. The van der Waals surface area contributed by atoms with Crippen LogP contribution in [0.3, 0.4) is 0 Å². The van der Waals surface area contributed by atoms with Crippen molar-refractivity contribution in [2.45, 2.75) is 24.9 Å². The fraction of sp³-hybridized carbons (Fsp3) is 0.583. The van der Waals surface area contributed by atoms with Crippen molar-refractivity contribution in [3.05, 3.63) is 0 Å². The van der Waals surface area contributed by atoms with Crippen LogP contribution in [0.25, 0.3) is 0 Å². The molecule has 0 aromatic heterocycles. The molecular weight excluding hydrogens is 392 g/mol. The molecule has 0 aliphatic carbocycles. The largest absolute Gasteiger partial charge is 0.481 e. The van der Waals surface area contributed by atoms with Crippen molar-refractivity contribution in [3.63, 3.8) is 0 Å². The van der Waals surface area contributed by atoms with Crippen LogP contribution in [0.5, 0.6) is 0 Å². The average Bonchev–Trinajstić information content (AvgIpc) is 2.59. The zero-order valence-electron chi connectivity index (χ0n) is 14.2. The van der Waals surface area contributed by atoms with E-state index in [2.05, 4.69) is 24.1 Å². The maximum atomic E-state index is 9.99. The first-order chi connectivity index (χ1) is 12.3. The van der Waals surface area contributed by atoms with E-state index in [4.69, 9.17) is 37.0 Å². The molecule has 0 fully saturated rings. The average molecular weight is 418 g/mol. The van der Waals surface area contributed by atoms with Crippen molar-refractivity contribution in [1.82, 2.24) is 0 Å². The Kier molecular flexibility index (Phi) is 25.8. The first kappa shape index (κ1) is 32.2. The Morgan fingerprint density at radius 3 is 1.11 bits per heavy atom. The summed E-state index contributed by atoms with van der Waals surface area (Å²) in [7, 11) is 0. The minimum Gasteiger partial charge on any atom is -0.481 e. The van der Waals surface area contributed by atoms with E-state index < -0.39 is 41.9 Å². The summed E-state index contributed by atoms with van der Waals surface area (Å²) in [5.74, 6) is -4.95. The molecule has 0 heterocycles. The number of hydrogen-bond acceptors (Lipinski definition) is 10. The molecule has 0 aliphatic heterocycles. The maximum absolute atomic E-state index is 9.99. The molecule has 160 valence electrons. The quantitative estimate of drug-likeness (QED) is 0.172. The topological polar surface area (TPSA) is 291 Å². The van der Waals surface area contributed by atoms with E-state index >= 15 is 0 Å². The minimum absolute atomic E-state index is 0.0231. The minimum atomic E-state index is -1.17. The molecule has 0 radical (unpaired) electrons. The van der Waals surface area contributed by atoms with Gasteiger partial charge in [-0.15, -0.1) is 0 Å². The van der Waals surface area contributed by atoms with Gasteiger partial charge in [0.15, 0.2) is 0 Å². The molecule has 0 aromatic rings. The third-order valence-corrected chi connectivity index (χ3v) is 2.24. The van der Waals surface area contributed by atoms with Crippen molar-refractivity contribution in [3.8, 4) is 0 Å². The Balaban J connectivity index is -0.000000137. The van der Waals surface area contributed by atoms with Gasteiger partial charge < -0.3 is 48.5 Å². The van der Waals surface area contributed by atoms with Crippen LogP contribution >= 0.6 is 12.6 Å². The molecule has 0 aliphatic rings. The van der Waals surface area contributed by atoms with Gasteiger partial charge in [0, 0.05) is 12.2 Å². The van der Waals surface area contributed by atoms with Gasteiger partial charge in [0.25, 0.3) is 0 Å². The number of carboxylic acid groups (broad SMARTS) is 5. The molecule has 13 N–H and O–H groups in total. The molecule has 0 saturated carbocycles. The summed E-state index contributed by atoms with van der Waals surface area (Å²) in [4.78, 5) is 48.1. The Morgan fingerprint density at radius 2 is 1.00 bits per heavy atom. The Bertz CT molecular complexity index is 449. The second-order valence-electron chi connectivity index (χ2n) is 4.20. The lowest BCUT2D eigenvalue weighted by atomic mass is 10.2. The fourth-order valence-corrected chi connectivity index (χ4v) is 0.637. The van der Waals surface area contributed by atoms with E-state index in [1.54, 1.807) is 0 Å². The van der Waals surface area contributed by atoms with Crippen molar-refractivity contribution in [2.24, 2.45) is 22.9 Å². The number of carboxylic acids is 5. The van der Waals surface area contributed by atoms with E-state index in [0.717, 1.165) is 0 Å². The lowest BCUT2D eigenvalue weighted by Crippen LogP contribution is -2.31. The number of rotatable bonds is 8. The molecule has 0 aromatic carbocycles. The summed E-state index contributed by atoms with van der Waals surface area (Å²) in [6, 6.07) is -1.88. The highest BCUT2D eigenvalue weighted by molar-refractivity contribution is 7.80. The van der Waals surface area contributed by atoms with E-state index in [1.807, 2.05) is 0 Å². The van der Waals surface area contributed by atoms with Gasteiger partial charge in [0.1, 0.15) is 12.1 Å². The Hall–Kier alpha value is -2.46. The van der Waals surface area contributed by atoms with Crippen LogP contribution in [0.1, 0.15) is 12.8 Å². The summed E-state index contributed by atoms with van der Waals surface area (Å²) >= 11 is 3.65. The smallest absolute Gasteiger partial charge is 0.321 e. The molecule has 0 rings (SSSR count). The van der Waals surface area contributed by atoms with Crippen LogP contribution < -0.4 is 22.9 Å². The number of aliphatic carboxylic acids is 5. The highest BCUT2D eigenvalue weighted by Gasteiger charge is 2.12. The first-order valence-electron chi connectivity index (χ1n) is 6.89. The van der Waals surface area contributed by atoms with Gasteiger partial charge in [0.05, 0.1) is 13.1 Å². The molecule has 0 saturated heterocycles.